The van der Waals surface area contributed by atoms with E-state index in [1.165, 1.54) is 0 Å². The van der Waals surface area contributed by atoms with E-state index in [1.54, 1.807) is 30.9 Å². The van der Waals surface area contributed by atoms with Gasteiger partial charge in [-0.25, -0.2) is 17.8 Å². The number of fused-ring (bicyclic) bond motifs is 1. The molecule has 0 amide bonds. The summed E-state index contributed by atoms with van der Waals surface area (Å²) in [6, 6.07) is 11.2. The van der Waals surface area contributed by atoms with Crippen molar-refractivity contribution in [3.8, 4) is 22.8 Å². The molecule has 1 unspecified atom stereocenters. The first-order chi connectivity index (χ1) is 18.0. The highest BCUT2D eigenvalue weighted by atomic mass is 32.2. The number of aryl methyl sites for hydroxylation is 1. The number of nitrogens with zero attached hydrogens (tertiary/aromatic N) is 1. The van der Waals surface area contributed by atoms with Crippen LogP contribution in [0.15, 0.2) is 47.5 Å². The number of hydrogen-bond donors (Lipinski definition) is 1. The molecule has 10 heteroatoms. The number of carboxylic acid groups (broad SMARTS) is 1. The molecule has 1 aromatic heterocycles. The van der Waals surface area contributed by atoms with Gasteiger partial charge in [0, 0.05) is 35.1 Å². The average Bonchev–Trinajstić information content (AvgIpc) is 3.24. The topological polar surface area (TPSA) is 103 Å². The van der Waals surface area contributed by atoms with Gasteiger partial charge in [0.05, 0.1) is 18.8 Å². The number of aliphatic carboxylic acids is 1. The van der Waals surface area contributed by atoms with E-state index in [0.717, 1.165) is 39.0 Å². The van der Waals surface area contributed by atoms with E-state index in [2.05, 4.69) is 4.98 Å². The molecule has 1 N–H and O–H groups in total. The zero-order chi connectivity index (χ0) is 27.4. The molecule has 0 aliphatic carbocycles. The number of thioether (sulfide) groups is 1. The van der Waals surface area contributed by atoms with Crippen molar-refractivity contribution in [1.29, 1.82) is 0 Å². The maximum atomic E-state index is 15.2. The quantitative estimate of drug-likeness (QED) is 0.305. The summed E-state index contributed by atoms with van der Waals surface area (Å²) in [5.74, 6) is -0.0364. The van der Waals surface area contributed by atoms with E-state index < -0.39 is 21.6 Å². The lowest BCUT2D eigenvalue weighted by Crippen LogP contribution is -2.09. The summed E-state index contributed by atoms with van der Waals surface area (Å²) in [4.78, 5) is 16.4. The zero-order valence-corrected chi connectivity index (χ0v) is 23.1. The molecule has 38 heavy (non-hydrogen) atoms. The number of halogens is 1. The molecule has 0 fully saturated rings. The molecule has 2 heterocycles. The Morgan fingerprint density at radius 3 is 2.74 bits per heavy atom. The molecular formula is C28H30FNO6S2. The highest BCUT2D eigenvalue weighted by Gasteiger charge is 2.26. The Labute approximate surface area is 226 Å². The second kappa shape index (κ2) is 11.7. The first-order valence-corrected chi connectivity index (χ1v) is 15.2. The van der Waals surface area contributed by atoms with Gasteiger partial charge in [0.15, 0.2) is 11.6 Å². The lowest BCUT2D eigenvalue weighted by atomic mass is 9.94. The van der Waals surface area contributed by atoms with Crippen molar-refractivity contribution < 1.29 is 32.2 Å². The number of pyridine rings is 1. The van der Waals surface area contributed by atoms with E-state index in [9.17, 15) is 13.2 Å². The van der Waals surface area contributed by atoms with Crippen LogP contribution in [0, 0.1) is 19.7 Å². The summed E-state index contributed by atoms with van der Waals surface area (Å²) in [6.07, 6.45) is 3.25. The van der Waals surface area contributed by atoms with Gasteiger partial charge in [0.1, 0.15) is 16.4 Å². The minimum atomic E-state index is -3.09. The molecule has 0 radical (unpaired) electrons. The smallest absolute Gasteiger partial charge is 0.303 e. The maximum absolute atomic E-state index is 15.2. The second-order valence-corrected chi connectivity index (χ2v) is 12.8. The van der Waals surface area contributed by atoms with Crippen molar-refractivity contribution in [3.05, 3.63) is 70.7 Å². The highest BCUT2D eigenvalue weighted by Crippen LogP contribution is 2.42. The van der Waals surface area contributed by atoms with E-state index in [4.69, 9.17) is 14.6 Å². The first-order valence-electron chi connectivity index (χ1n) is 12.2. The minimum Gasteiger partial charge on any atom is -0.490 e. The molecule has 0 saturated carbocycles. The number of benzene rings is 2. The van der Waals surface area contributed by atoms with Crippen LogP contribution in [0.5, 0.6) is 11.6 Å². The van der Waals surface area contributed by atoms with E-state index in [0.29, 0.717) is 23.6 Å². The van der Waals surface area contributed by atoms with Crippen molar-refractivity contribution in [2.45, 2.75) is 44.1 Å². The van der Waals surface area contributed by atoms with Gasteiger partial charge in [-0.3, -0.25) is 4.79 Å². The molecule has 202 valence electrons. The van der Waals surface area contributed by atoms with E-state index >= 15 is 4.39 Å². The molecule has 4 rings (SSSR count). The van der Waals surface area contributed by atoms with Gasteiger partial charge in [-0.15, -0.1) is 11.8 Å². The lowest BCUT2D eigenvalue weighted by molar-refractivity contribution is -0.137. The summed E-state index contributed by atoms with van der Waals surface area (Å²) in [5.41, 5.74) is 4.74. The van der Waals surface area contributed by atoms with Crippen LogP contribution in [-0.4, -0.2) is 48.8 Å². The summed E-state index contributed by atoms with van der Waals surface area (Å²) >= 11 is 1.61. The molecule has 2 aromatic carbocycles. The fraction of sp³-hybridized carbons (Fsp3) is 0.357. The van der Waals surface area contributed by atoms with Crippen LogP contribution in [0.1, 0.15) is 41.0 Å². The Bertz CT molecular complexity index is 1460. The van der Waals surface area contributed by atoms with Gasteiger partial charge in [-0.2, -0.15) is 0 Å². The minimum absolute atomic E-state index is 0.00934. The van der Waals surface area contributed by atoms with Gasteiger partial charge in [0.2, 0.25) is 5.88 Å². The Balaban J connectivity index is 1.45. The lowest BCUT2D eigenvalue weighted by Gasteiger charge is -2.16. The van der Waals surface area contributed by atoms with Crippen LogP contribution in [0.4, 0.5) is 4.39 Å². The third kappa shape index (κ3) is 6.85. The Hall–Kier alpha value is -3.11. The Morgan fingerprint density at radius 1 is 1.21 bits per heavy atom. The van der Waals surface area contributed by atoms with Crippen LogP contribution in [0.3, 0.4) is 0 Å². The summed E-state index contributed by atoms with van der Waals surface area (Å²) in [7, 11) is -3.09. The Kier molecular flexibility index (Phi) is 8.62. The average molecular weight is 560 g/mol. The molecule has 1 atom stereocenters. The molecule has 0 spiro atoms. The zero-order valence-electron chi connectivity index (χ0n) is 21.5. The van der Waals surface area contributed by atoms with Crippen LogP contribution < -0.4 is 9.47 Å². The SMILES string of the molecule is Cc1cc(OCCCS(C)(=O)=O)c(F)c(C)c1-c1cccc(COc2cc3c(cn2)C(CC(=O)O)CS3)c1. The number of aromatic nitrogens is 1. The largest absolute Gasteiger partial charge is 0.490 e. The molecule has 1 aliphatic heterocycles. The summed E-state index contributed by atoms with van der Waals surface area (Å²) in [5, 5.41) is 9.10. The number of hydrogen-bond acceptors (Lipinski definition) is 7. The second-order valence-electron chi connectivity index (χ2n) is 9.49. The van der Waals surface area contributed by atoms with Gasteiger partial charge in [-0.05, 0) is 65.8 Å². The predicted octanol–water partition coefficient (Wildman–Crippen LogP) is 5.56. The predicted molar refractivity (Wildman–Crippen MR) is 145 cm³/mol. The summed E-state index contributed by atoms with van der Waals surface area (Å²) < 4.78 is 49.2. The number of rotatable bonds is 11. The highest BCUT2D eigenvalue weighted by molar-refractivity contribution is 7.99. The van der Waals surface area contributed by atoms with Crippen molar-refractivity contribution in [2.24, 2.45) is 0 Å². The van der Waals surface area contributed by atoms with Gasteiger partial charge in [0.25, 0.3) is 0 Å². The van der Waals surface area contributed by atoms with Crippen LogP contribution >= 0.6 is 11.8 Å². The number of carbonyl (C=O) groups is 1. The third-order valence-corrected chi connectivity index (χ3v) is 8.62. The van der Waals surface area contributed by atoms with Crippen molar-refractivity contribution in [2.75, 3.05) is 24.4 Å². The van der Waals surface area contributed by atoms with Gasteiger partial charge >= 0.3 is 5.97 Å². The van der Waals surface area contributed by atoms with Crippen molar-refractivity contribution in [3.63, 3.8) is 0 Å². The normalized spacial score (nSPS) is 14.8. The molecular weight excluding hydrogens is 529 g/mol. The van der Waals surface area contributed by atoms with Gasteiger partial charge < -0.3 is 14.6 Å². The molecule has 7 nitrogen and oxygen atoms in total. The molecule has 0 bridgehead atoms. The summed E-state index contributed by atoms with van der Waals surface area (Å²) in [6.45, 7) is 3.97. The van der Waals surface area contributed by atoms with E-state index in [-0.39, 0.29) is 37.1 Å². The van der Waals surface area contributed by atoms with Crippen molar-refractivity contribution >= 4 is 27.6 Å². The van der Waals surface area contributed by atoms with Crippen molar-refractivity contribution in [1.82, 2.24) is 4.98 Å². The van der Waals surface area contributed by atoms with Crippen LogP contribution in [0.25, 0.3) is 11.1 Å². The Morgan fingerprint density at radius 2 is 2.00 bits per heavy atom. The fourth-order valence-corrected chi connectivity index (χ4v) is 6.44. The fourth-order valence-electron chi connectivity index (χ4n) is 4.55. The molecule has 1 aliphatic rings. The maximum Gasteiger partial charge on any atom is 0.303 e. The monoisotopic (exact) mass is 559 g/mol. The first kappa shape index (κ1) is 27.9. The van der Waals surface area contributed by atoms with E-state index in [1.807, 2.05) is 37.3 Å². The van der Waals surface area contributed by atoms with Crippen LogP contribution in [0.2, 0.25) is 0 Å². The number of carboxylic acids is 1. The van der Waals surface area contributed by atoms with Crippen LogP contribution in [-0.2, 0) is 21.2 Å². The third-order valence-electron chi connectivity index (χ3n) is 6.35. The molecule has 0 saturated heterocycles. The molecule has 3 aromatic rings. The standard InChI is InChI=1S/C28H30FNO6S2/c1-17-10-23(35-8-5-9-38(3,33)34)28(29)18(2)27(17)20-7-4-6-19(11-20)15-36-25-13-24-22(14-30-25)21(16-37-24)12-26(31)32/h4,6-7,10-11,13-14,21H,5,8-9,12,15-16H2,1-3H3,(H,31,32). The number of ether oxygens (including phenoxy) is 2. The van der Waals surface area contributed by atoms with Gasteiger partial charge in [-0.1, -0.05) is 18.2 Å². The number of sulfone groups is 1.